The summed E-state index contributed by atoms with van der Waals surface area (Å²) >= 11 is 3.67. The maximum atomic E-state index is 11.3. The van der Waals surface area contributed by atoms with Gasteiger partial charge >= 0.3 is 5.97 Å². The van der Waals surface area contributed by atoms with Crippen LogP contribution in [0.25, 0.3) is 11.1 Å². The van der Waals surface area contributed by atoms with Crippen LogP contribution >= 0.6 is 15.9 Å². The van der Waals surface area contributed by atoms with Crippen LogP contribution in [0.15, 0.2) is 48.5 Å². The first-order valence-electron chi connectivity index (χ1n) is 6.18. The fraction of sp³-hybridized carbons (Fsp3) is 0.188. The highest BCUT2D eigenvalue weighted by Gasteiger charge is 2.33. The van der Waals surface area contributed by atoms with E-state index in [2.05, 4.69) is 34.1 Å². The fourth-order valence-corrected chi connectivity index (χ4v) is 3.39. The number of hydrogen-bond donors (Lipinski definition) is 0. The van der Waals surface area contributed by atoms with Gasteiger partial charge in [0.1, 0.15) is 6.10 Å². The van der Waals surface area contributed by atoms with E-state index in [0.717, 1.165) is 16.7 Å². The molecule has 2 aromatic carbocycles. The summed E-state index contributed by atoms with van der Waals surface area (Å²) in [5.41, 5.74) is 4.55. The number of ether oxygens (including phenoxy) is 1. The number of carbonyl (C=O) groups is 1. The molecule has 0 saturated carbocycles. The zero-order valence-electron chi connectivity index (χ0n) is 10.5. The molecule has 0 radical (unpaired) electrons. The molecule has 2 nitrogen and oxygen atoms in total. The maximum Gasteiger partial charge on any atom is 0.303 e. The van der Waals surface area contributed by atoms with Crippen LogP contribution in [0, 0.1) is 0 Å². The third kappa shape index (κ3) is 2.08. The predicted octanol–water partition coefficient (Wildman–Crippen LogP) is 4.41. The average molecular weight is 317 g/mol. The lowest BCUT2D eigenvalue weighted by Crippen LogP contribution is -2.18. The van der Waals surface area contributed by atoms with E-state index < -0.39 is 0 Å². The first kappa shape index (κ1) is 12.4. The van der Waals surface area contributed by atoms with Gasteiger partial charge in [-0.3, -0.25) is 4.79 Å². The number of benzene rings is 2. The molecule has 0 amide bonds. The molecule has 1 aliphatic carbocycles. The molecule has 2 atom stereocenters. The van der Waals surface area contributed by atoms with Crippen molar-refractivity contribution in [2.24, 2.45) is 0 Å². The quantitative estimate of drug-likeness (QED) is 0.575. The van der Waals surface area contributed by atoms with Crippen LogP contribution in [0.3, 0.4) is 0 Å². The van der Waals surface area contributed by atoms with Crippen LogP contribution in [-0.2, 0) is 9.53 Å². The second-order valence-corrected chi connectivity index (χ2v) is 5.59. The van der Waals surface area contributed by atoms with Crippen LogP contribution < -0.4 is 0 Å². The molecule has 0 unspecified atom stereocenters. The highest BCUT2D eigenvalue weighted by Crippen LogP contribution is 2.49. The van der Waals surface area contributed by atoms with E-state index in [1.54, 1.807) is 0 Å². The smallest absolute Gasteiger partial charge is 0.303 e. The van der Waals surface area contributed by atoms with Crippen molar-refractivity contribution < 1.29 is 9.53 Å². The molecule has 0 heterocycles. The zero-order chi connectivity index (χ0) is 13.4. The molecule has 0 spiro atoms. The topological polar surface area (TPSA) is 26.3 Å². The van der Waals surface area contributed by atoms with Gasteiger partial charge in [0, 0.05) is 12.5 Å². The normalized spacial score (nSPS) is 20.3. The molecule has 0 fully saturated rings. The summed E-state index contributed by atoms with van der Waals surface area (Å²) in [6.45, 7) is 1.45. The van der Waals surface area contributed by atoms with Crippen molar-refractivity contribution in [3.8, 4) is 11.1 Å². The highest BCUT2D eigenvalue weighted by atomic mass is 79.9. The van der Waals surface area contributed by atoms with E-state index in [-0.39, 0.29) is 16.9 Å². The minimum absolute atomic E-state index is 0.0116. The van der Waals surface area contributed by atoms with Gasteiger partial charge in [0.2, 0.25) is 0 Å². The van der Waals surface area contributed by atoms with Gasteiger partial charge in [0.25, 0.3) is 0 Å². The largest absolute Gasteiger partial charge is 0.456 e. The molecule has 2 aromatic rings. The van der Waals surface area contributed by atoms with Gasteiger partial charge in [-0.1, -0.05) is 64.5 Å². The summed E-state index contributed by atoms with van der Waals surface area (Å²) in [7, 11) is 0. The molecule has 19 heavy (non-hydrogen) atoms. The van der Waals surface area contributed by atoms with Gasteiger partial charge in [0.05, 0.1) is 4.83 Å². The monoisotopic (exact) mass is 316 g/mol. The molecule has 3 heteroatoms. The number of fused-ring (bicyclic) bond motifs is 3. The van der Waals surface area contributed by atoms with Gasteiger partial charge in [-0.15, -0.1) is 0 Å². The Balaban J connectivity index is 2.20. The molecule has 0 saturated heterocycles. The van der Waals surface area contributed by atoms with E-state index in [1.165, 1.54) is 12.5 Å². The zero-order valence-corrected chi connectivity index (χ0v) is 12.1. The van der Waals surface area contributed by atoms with Crippen molar-refractivity contribution in [2.75, 3.05) is 0 Å². The van der Waals surface area contributed by atoms with Crippen LogP contribution in [0.5, 0.6) is 0 Å². The van der Waals surface area contributed by atoms with Crippen molar-refractivity contribution in [3.05, 3.63) is 59.7 Å². The van der Waals surface area contributed by atoms with E-state index in [1.807, 2.05) is 30.3 Å². The van der Waals surface area contributed by atoms with Gasteiger partial charge in [-0.05, 0) is 16.7 Å². The maximum absolute atomic E-state index is 11.3. The van der Waals surface area contributed by atoms with Crippen LogP contribution in [-0.4, -0.2) is 5.97 Å². The van der Waals surface area contributed by atoms with E-state index >= 15 is 0 Å². The number of carbonyl (C=O) groups excluding carboxylic acids is 1. The van der Waals surface area contributed by atoms with Crippen LogP contribution in [0.4, 0.5) is 0 Å². The third-order valence-electron chi connectivity index (χ3n) is 3.37. The number of rotatable bonds is 1. The summed E-state index contributed by atoms with van der Waals surface area (Å²) in [6.07, 6.45) is -0.274. The van der Waals surface area contributed by atoms with Gasteiger partial charge in [-0.2, -0.15) is 0 Å². The molecule has 96 valence electrons. The molecule has 3 rings (SSSR count). The summed E-state index contributed by atoms with van der Waals surface area (Å²) < 4.78 is 5.50. The van der Waals surface area contributed by atoms with E-state index in [0.29, 0.717) is 0 Å². The molecular weight excluding hydrogens is 304 g/mol. The van der Waals surface area contributed by atoms with Crippen LogP contribution in [0.2, 0.25) is 0 Å². The van der Waals surface area contributed by atoms with E-state index in [9.17, 15) is 4.79 Å². The summed E-state index contributed by atoms with van der Waals surface area (Å²) in [4.78, 5) is 11.3. The predicted molar refractivity (Wildman–Crippen MR) is 78.1 cm³/mol. The molecule has 0 aliphatic heterocycles. The standard InChI is InChI=1S/C16H13BrO2/c1-10(18)19-16-14-9-5-3-7-12(14)11-6-2-4-8-13(11)15(16)17/h2-9,15-16H,1H3/t15-,16-/m1/s1. The van der Waals surface area contributed by atoms with Gasteiger partial charge in [-0.25, -0.2) is 0 Å². The lowest BCUT2D eigenvalue weighted by Gasteiger charge is -2.31. The lowest BCUT2D eigenvalue weighted by atomic mass is 9.84. The summed E-state index contributed by atoms with van der Waals surface area (Å²) in [5, 5.41) is 0. The Labute approximate surface area is 120 Å². The van der Waals surface area contributed by atoms with Crippen molar-refractivity contribution in [1.29, 1.82) is 0 Å². The first-order valence-corrected chi connectivity index (χ1v) is 7.09. The van der Waals surface area contributed by atoms with Gasteiger partial charge < -0.3 is 4.74 Å². The molecule has 1 aliphatic rings. The molecule has 0 bridgehead atoms. The van der Waals surface area contributed by atoms with Crippen molar-refractivity contribution in [2.45, 2.75) is 17.9 Å². The van der Waals surface area contributed by atoms with Crippen molar-refractivity contribution >= 4 is 21.9 Å². The summed E-state index contributed by atoms with van der Waals surface area (Å²) in [6, 6.07) is 16.3. The Morgan fingerprint density at radius 1 is 1.00 bits per heavy atom. The fourth-order valence-electron chi connectivity index (χ4n) is 2.60. The second kappa shape index (κ2) is 4.82. The number of halogens is 1. The Hall–Kier alpha value is -1.61. The Kier molecular flexibility index (Phi) is 3.15. The molecule has 0 aromatic heterocycles. The highest BCUT2D eigenvalue weighted by molar-refractivity contribution is 9.09. The minimum atomic E-state index is -0.274. The Morgan fingerprint density at radius 3 is 2.16 bits per heavy atom. The lowest BCUT2D eigenvalue weighted by molar-refractivity contribution is -0.146. The number of hydrogen-bond acceptors (Lipinski definition) is 2. The SMILES string of the molecule is CC(=O)O[C@@H]1c2ccccc2-c2ccccc2[C@H]1Br. The average Bonchev–Trinajstić information content (AvgIpc) is 2.43. The number of alkyl halides is 1. The van der Waals surface area contributed by atoms with Crippen molar-refractivity contribution in [3.63, 3.8) is 0 Å². The summed E-state index contributed by atoms with van der Waals surface area (Å²) in [5.74, 6) is -0.261. The number of esters is 1. The second-order valence-electron chi connectivity index (χ2n) is 4.61. The molecule has 0 N–H and O–H groups in total. The first-order chi connectivity index (χ1) is 9.18. The Bertz CT molecular complexity index is 636. The molecular formula is C16H13BrO2. The van der Waals surface area contributed by atoms with Crippen LogP contribution in [0.1, 0.15) is 29.0 Å². The third-order valence-corrected chi connectivity index (χ3v) is 4.35. The van der Waals surface area contributed by atoms with Crippen molar-refractivity contribution in [1.82, 2.24) is 0 Å². The van der Waals surface area contributed by atoms with Gasteiger partial charge in [0.15, 0.2) is 0 Å². The minimum Gasteiger partial charge on any atom is -0.456 e. The Morgan fingerprint density at radius 2 is 1.53 bits per heavy atom. The van der Waals surface area contributed by atoms with E-state index in [4.69, 9.17) is 4.74 Å².